The number of halogens is 1. The third kappa shape index (κ3) is 3.23. The van der Waals surface area contributed by atoms with Crippen LogP contribution < -0.4 is 16.8 Å². The fourth-order valence-corrected chi connectivity index (χ4v) is 1.09. The largest absolute Gasteiger partial charge is 0.396 e. The van der Waals surface area contributed by atoms with E-state index >= 15 is 0 Å². The highest BCUT2D eigenvalue weighted by atomic mass is 19.1. The Bertz CT molecular complexity index is 421. The Hall–Kier alpha value is -2.11. The summed E-state index contributed by atoms with van der Waals surface area (Å²) in [6.45, 7) is 0.144. The second-order valence-electron chi connectivity index (χ2n) is 3.21. The summed E-state index contributed by atoms with van der Waals surface area (Å²) in [5.41, 5.74) is 10.4. The fourth-order valence-electron chi connectivity index (χ4n) is 1.09. The smallest absolute Gasteiger partial charge is 0.251 e. The standard InChI is InChI=1S/C10H12FN3O2/c11-7-2-1-6(5-8(7)12)10(16)14-4-3-9(13)15/h1-2,5H,3-4,12H2,(H2,13,15)(H,14,16). The molecule has 1 rings (SSSR count). The Balaban J connectivity index is 2.59. The van der Waals surface area contributed by atoms with E-state index in [0.717, 1.165) is 6.07 Å². The molecular formula is C10H12FN3O2. The van der Waals surface area contributed by atoms with Crippen molar-refractivity contribution in [3.05, 3.63) is 29.6 Å². The molecule has 0 fully saturated rings. The van der Waals surface area contributed by atoms with Crippen molar-refractivity contribution in [3.8, 4) is 0 Å². The first-order chi connectivity index (χ1) is 7.50. The van der Waals surface area contributed by atoms with Gasteiger partial charge in [-0.1, -0.05) is 0 Å². The molecule has 16 heavy (non-hydrogen) atoms. The van der Waals surface area contributed by atoms with Gasteiger partial charge in [-0.2, -0.15) is 0 Å². The van der Waals surface area contributed by atoms with E-state index in [1.807, 2.05) is 0 Å². The summed E-state index contributed by atoms with van der Waals surface area (Å²) in [6, 6.07) is 3.65. The molecule has 2 amide bonds. The first kappa shape index (κ1) is 12.0. The molecule has 0 bridgehead atoms. The summed E-state index contributed by atoms with van der Waals surface area (Å²) in [6.07, 6.45) is 0.0580. The highest BCUT2D eigenvalue weighted by Gasteiger charge is 2.07. The molecule has 6 heteroatoms. The van der Waals surface area contributed by atoms with Crippen molar-refractivity contribution in [2.45, 2.75) is 6.42 Å². The number of benzene rings is 1. The maximum atomic E-state index is 12.8. The number of carbonyl (C=O) groups excluding carboxylic acids is 2. The van der Waals surface area contributed by atoms with Gasteiger partial charge in [0.25, 0.3) is 5.91 Å². The van der Waals surface area contributed by atoms with Crippen LogP contribution in [0.2, 0.25) is 0 Å². The van der Waals surface area contributed by atoms with Gasteiger partial charge in [-0.15, -0.1) is 0 Å². The number of carbonyl (C=O) groups is 2. The van der Waals surface area contributed by atoms with E-state index in [-0.39, 0.29) is 24.2 Å². The van der Waals surface area contributed by atoms with Crippen LogP contribution in [0.3, 0.4) is 0 Å². The van der Waals surface area contributed by atoms with Gasteiger partial charge in [0.2, 0.25) is 5.91 Å². The maximum absolute atomic E-state index is 12.8. The van der Waals surface area contributed by atoms with Crippen LogP contribution in [0.15, 0.2) is 18.2 Å². The predicted octanol–water partition coefficient (Wildman–Crippen LogP) is 0.0131. The number of amides is 2. The lowest BCUT2D eigenvalue weighted by Gasteiger charge is -2.04. The highest BCUT2D eigenvalue weighted by Crippen LogP contribution is 2.11. The van der Waals surface area contributed by atoms with Gasteiger partial charge in [0.1, 0.15) is 5.82 Å². The van der Waals surface area contributed by atoms with Crippen LogP contribution in [0.25, 0.3) is 0 Å². The van der Waals surface area contributed by atoms with Crippen molar-refractivity contribution in [3.63, 3.8) is 0 Å². The zero-order chi connectivity index (χ0) is 12.1. The zero-order valence-electron chi connectivity index (χ0n) is 8.50. The van der Waals surface area contributed by atoms with Crippen molar-refractivity contribution < 1.29 is 14.0 Å². The molecule has 1 aromatic carbocycles. The SMILES string of the molecule is NC(=O)CCNC(=O)c1ccc(F)c(N)c1. The van der Waals surface area contributed by atoms with Gasteiger partial charge >= 0.3 is 0 Å². The average molecular weight is 225 g/mol. The van der Waals surface area contributed by atoms with Crippen LogP contribution in [0.5, 0.6) is 0 Å². The number of nitrogen functional groups attached to an aromatic ring is 1. The van der Waals surface area contributed by atoms with Gasteiger partial charge < -0.3 is 16.8 Å². The molecule has 0 heterocycles. The number of hydrogen-bond acceptors (Lipinski definition) is 3. The van der Waals surface area contributed by atoms with E-state index in [0.29, 0.717) is 0 Å². The van der Waals surface area contributed by atoms with Crippen molar-refractivity contribution in [2.24, 2.45) is 5.73 Å². The zero-order valence-corrected chi connectivity index (χ0v) is 8.50. The van der Waals surface area contributed by atoms with Gasteiger partial charge in [0.05, 0.1) is 5.69 Å². The summed E-state index contributed by atoms with van der Waals surface area (Å²) in [7, 11) is 0. The minimum Gasteiger partial charge on any atom is -0.396 e. The van der Waals surface area contributed by atoms with Crippen molar-refractivity contribution in [2.75, 3.05) is 12.3 Å². The topological polar surface area (TPSA) is 98.2 Å². The van der Waals surface area contributed by atoms with Crippen LogP contribution in [0.4, 0.5) is 10.1 Å². The van der Waals surface area contributed by atoms with E-state index in [1.165, 1.54) is 12.1 Å². The van der Waals surface area contributed by atoms with E-state index in [2.05, 4.69) is 5.32 Å². The molecular weight excluding hydrogens is 213 g/mol. The van der Waals surface area contributed by atoms with E-state index in [1.54, 1.807) is 0 Å². The lowest BCUT2D eigenvalue weighted by Crippen LogP contribution is -2.27. The third-order valence-corrected chi connectivity index (χ3v) is 1.92. The van der Waals surface area contributed by atoms with Crippen LogP contribution in [0.1, 0.15) is 16.8 Å². The van der Waals surface area contributed by atoms with Gasteiger partial charge in [0, 0.05) is 18.5 Å². The molecule has 0 aliphatic carbocycles. The molecule has 0 atom stereocenters. The van der Waals surface area contributed by atoms with Gasteiger partial charge in [0.15, 0.2) is 0 Å². The van der Waals surface area contributed by atoms with E-state index < -0.39 is 17.6 Å². The Morgan fingerprint density at radius 2 is 2.06 bits per heavy atom. The van der Waals surface area contributed by atoms with E-state index in [4.69, 9.17) is 11.5 Å². The second kappa shape index (κ2) is 5.11. The predicted molar refractivity (Wildman–Crippen MR) is 57.0 cm³/mol. The third-order valence-electron chi connectivity index (χ3n) is 1.92. The molecule has 0 saturated carbocycles. The molecule has 0 aliphatic heterocycles. The van der Waals surface area contributed by atoms with Crippen molar-refractivity contribution in [1.29, 1.82) is 0 Å². The highest BCUT2D eigenvalue weighted by molar-refractivity contribution is 5.95. The van der Waals surface area contributed by atoms with Crippen LogP contribution in [-0.4, -0.2) is 18.4 Å². The lowest BCUT2D eigenvalue weighted by atomic mass is 10.2. The molecule has 0 spiro atoms. The van der Waals surface area contributed by atoms with Gasteiger partial charge in [-0.25, -0.2) is 4.39 Å². The molecule has 0 unspecified atom stereocenters. The van der Waals surface area contributed by atoms with Crippen LogP contribution >= 0.6 is 0 Å². The molecule has 0 aliphatic rings. The minimum atomic E-state index is -0.575. The summed E-state index contributed by atoms with van der Waals surface area (Å²) < 4.78 is 12.8. The number of nitrogens with one attached hydrogen (secondary N) is 1. The minimum absolute atomic E-state index is 0.0580. The number of primary amides is 1. The van der Waals surface area contributed by atoms with Crippen LogP contribution in [0, 0.1) is 5.82 Å². The summed E-state index contributed by atoms with van der Waals surface area (Å²) in [5.74, 6) is -1.50. The van der Waals surface area contributed by atoms with Crippen LogP contribution in [-0.2, 0) is 4.79 Å². The molecule has 5 nitrogen and oxygen atoms in total. The maximum Gasteiger partial charge on any atom is 0.251 e. The number of rotatable bonds is 4. The van der Waals surface area contributed by atoms with E-state index in [9.17, 15) is 14.0 Å². The molecule has 5 N–H and O–H groups in total. The normalized spacial score (nSPS) is 9.81. The van der Waals surface area contributed by atoms with Gasteiger partial charge in [-0.3, -0.25) is 9.59 Å². The molecule has 0 aromatic heterocycles. The molecule has 0 radical (unpaired) electrons. The summed E-state index contributed by atoms with van der Waals surface area (Å²) in [4.78, 5) is 21.9. The first-order valence-corrected chi connectivity index (χ1v) is 4.62. The molecule has 86 valence electrons. The number of anilines is 1. The monoisotopic (exact) mass is 225 g/mol. The Morgan fingerprint density at radius 1 is 1.38 bits per heavy atom. The fraction of sp³-hybridized carbons (Fsp3) is 0.200. The second-order valence-corrected chi connectivity index (χ2v) is 3.21. The average Bonchev–Trinajstić information content (AvgIpc) is 2.21. The summed E-state index contributed by atoms with van der Waals surface area (Å²) in [5, 5.41) is 2.46. The number of nitrogens with two attached hydrogens (primary N) is 2. The van der Waals surface area contributed by atoms with Gasteiger partial charge in [-0.05, 0) is 18.2 Å². The van der Waals surface area contributed by atoms with Crippen molar-refractivity contribution >= 4 is 17.5 Å². The molecule has 1 aromatic rings. The quantitative estimate of drug-likeness (QED) is 0.629. The number of hydrogen-bond donors (Lipinski definition) is 3. The lowest BCUT2D eigenvalue weighted by molar-refractivity contribution is -0.117. The summed E-state index contributed by atoms with van der Waals surface area (Å²) >= 11 is 0. The Morgan fingerprint density at radius 3 is 2.62 bits per heavy atom. The Kier molecular flexibility index (Phi) is 3.82. The Labute approximate surface area is 91.6 Å². The first-order valence-electron chi connectivity index (χ1n) is 4.62. The molecule has 0 saturated heterocycles. The van der Waals surface area contributed by atoms with Crippen molar-refractivity contribution in [1.82, 2.24) is 5.32 Å².